The van der Waals surface area contributed by atoms with Crippen molar-refractivity contribution in [2.75, 3.05) is 11.9 Å². The minimum atomic E-state index is 0.258. The maximum absolute atomic E-state index is 5.60. The number of hydrogen-bond donors (Lipinski definition) is 2. The predicted molar refractivity (Wildman–Crippen MR) is 51.0 cm³/mol. The molecule has 66 valence electrons. The van der Waals surface area contributed by atoms with Gasteiger partial charge in [0.05, 0.1) is 5.69 Å². The first-order valence-corrected chi connectivity index (χ1v) is 4.18. The summed E-state index contributed by atoms with van der Waals surface area (Å²) in [4.78, 5) is 3.99. The van der Waals surface area contributed by atoms with Crippen LogP contribution in [-0.2, 0) is 0 Å². The molecular weight excluding hydrogens is 150 g/mol. The van der Waals surface area contributed by atoms with Gasteiger partial charge in [-0.2, -0.15) is 0 Å². The van der Waals surface area contributed by atoms with Crippen LogP contribution in [0.2, 0.25) is 0 Å². The van der Waals surface area contributed by atoms with Gasteiger partial charge in [0, 0.05) is 25.0 Å². The molecule has 0 amide bonds. The summed E-state index contributed by atoms with van der Waals surface area (Å²) >= 11 is 0. The summed E-state index contributed by atoms with van der Waals surface area (Å²) in [6.07, 6.45) is 4.55. The molecule has 0 spiro atoms. The highest BCUT2D eigenvalue weighted by atomic mass is 14.9. The largest absolute Gasteiger partial charge is 0.384 e. The highest BCUT2D eigenvalue weighted by Gasteiger charge is 1.93. The summed E-state index contributed by atoms with van der Waals surface area (Å²) < 4.78 is 0. The second-order valence-electron chi connectivity index (χ2n) is 2.93. The van der Waals surface area contributed by atoms with Gasteiger partial charge in [0.1, 0.15) is 0 Å². The molecule has 0 bridgehead atoms. The lowest BCUT2D eigenvalue weighted by Gasteiger charge is -2.07. The Morgan fingerprint density at radius 1 is 1.67 bits per heavy atom. The molecule has 0 aliphatic carbocycles. The normalized spacial score (nSPS) is 12.5. The van der Waals surface area contributed by atoms with E-state index in [2.05, 4.69) is 10.3 Å². The Labute approximate surface area is 73.0 Å². The smallest absolute Gasteiger partial charge is 0.0526 e. The van der Waals surface area contributed by atoms with Crippen molar-refractivity contribution in [2.24, 2.45) is 5.73 Å². The van der Waals surface area contributed by atoms with E-state index >= 15 is 0 Å². The van der Waals surface area contributed by atoms with Gasteiger partial charge in [0.2, 0.25) is 0 Å². The van der Waals surface area contributed by atoms with Crippen LogP contribution in [0.25, 0.3) is 0 Å². The van der Waals surface area contributed by atoms with E-state index in [4.69, 9.17) is 5.73 Å². The van der Waals surface area contributed by atoms with E-state index in [-0.39, 0.29) is 6.04 Å². The zero-order valence-corrected chi connectivity index (χ0v) is 7.33. The molecule has 0 saturated carbocycles. The van der Waals surface area contributed by atoms with Crippen LogP contribution in [-0.4, -0.2) is 17.6 Å². The Bertz CT molecular complexity index is 208. The molecule has 3 heteroatoms. The molecule has 1 unspecified atom stereocenters. The van der Waals surface area contributed by atoms with Crippen LogP contribution >= 0.6 is 0 Å². The third-order valence-electron chi connectivity index (χ3n) is 1.59. The average Bonchev–Trinajstić information content (AvgIpc) is 2.05. The Balaban J connectivity index is 2.25. The molecule has 1 aromatic heterocycles. The Hall–Kier alpha value is -1.09. The molecule has 1 rings (SSSR count). The summed E-state index contributed by atoms with van der Waals surface area (Å²) in [6.45, 7) is 2.91. The molecule has 3 N–H and O–H groups in total. The summed E-state index contributed by atoms with van der Waals surface area (Å²) in [7, 11) is 0. The Kier molecular flexibility index (Phi) is 3.54. The zero-order valence-electron chi connectivity index (χ0n) is 7.33. The van der Waals surface area contributed by atoms with Crippen LogP contribution < -0.4 is 11.1 Å². The van der Waals surface area contributed by atoms with Crippen molar-refractivity contribution in [1.82, 2.24) is 4.98 Å². The van der Waals surface area contributed by atoms with E-state index in [0.29, 0.717) is 0 Å². The van der Waals surface area contributed by atoms with Crippen LogP contribution in [0.3, 0.4) is 0 Å². The van der Waals surface area contributed by atoms with Crippen molar-refractivity contribution in [2.45, 2.75) is 19.4 Å². The fourth-order valence-corrected chi connectivity index (χ4v) is 0.912. The van der Waals surface area contributed by atoms with Gasteiger partial charge in [-0.25, -0.2) is 0 Å². The van der Waals surface area contributed by atoms with Gasteiger partial charge < -0.3 is 11.1 Å². The molecule has 1 heterocycles. The van der Waals surface area contributed by atoms with E-state index in [1.165, 1.54) is 0 Å². The number of pyridine rings is 1. The van der Waals surface area contributed by atoms with Gasteiger partial charge in [-0.15, -0.1) is 0 Å². The quantitative estimate of drug-likeness (QED) is 0.705. The first kappa shape index (κ1) is 9.00. The van der Waals surface area contributed by atoms with Crippen LogP contribution in [0.1, 0.15) is 13.3 Å². The van der Waals surface area contributed by atoms with E-state index in [9.17, 15) is 0 Å². The number of anilines is 1. The number of aromatic nitrogens is 1. The second-order valence-corrected chi connectivity index (χ2v) is 2.93. The van der Waals surface area contributed by atoms with Crippen LogP contribution in [0.15, 0.2) is 24.5 Å². The minimum absolute atomic E-state index is 0.258. The fraction of sp³-hybridized carbons (Fsp3) is 0.444. The summed E-state index contributed by atoms with van der Waals surface area (Å²) in [5.74, 6) is 0. The first-order chi connectivity index (χ1) is 5.79. The lowest BCUT2D eigenvalue weighted by atomic mass is 10.2. The van der Waals surface area contributed by atoms with Gasteiger partial charge in [0.15, 0.2) is 0 Å². The summed E-state index contributed by atoms with van der Waals surface area (Å²) in [5.41, 5.74) is 6.65. The SMILES string of the molecule is CC(N)CCNc1cccnc1. The van der Waals surface area contributed by atoms with Crippen molar-refractivity contribution < 1.29 is 0 Å². The van der Waals surface area contributed by atoms with E-state index < -0.39 is 0 Å². The van der Waals surface area contributed by atoms with Crippen molar-refractivity contribution in [3.05, 3.63) is 24.5 Å². The maximum Gasteiger partial charge on any atom is 0.0526 e. The van der Waals surface area contributed by atoms with Gasteiger partial charge in [-0.05, 0) is 25.5 Å². The van der Waals surface area contributed by atoms with Crippen LogP contribution in [0.5, 0.6) is 0 Å². The van der Waals surface area contributed by atoms with Gasteiger partial charge >= 0.3 is 0 Å². The lowest BCUT2D eigenvalue weighted by Crippen LogP contribution is -2.19. The first-order valence-electron chi connectivity index (χ1n) is 4.18. The summed E-state index contributed by atoms with van der Waals surface area (Å²) in [6, 6.07) is 4.16. The molecule has 0 fully saturated rings. The monoisotopic (exact) mass is 165 g/mol. The molecule has 12 heavy (non-hydrogen) atoms. The highest BCUT2D eigenvalue weighted by molar-refractivity contribution is 5.39. The number of hydrogen-bond acceptors (Lipinski definition) is 3. The molecule has 0 saturated heterocycles. The van der Waals surface area contributed by atoms with E-state index in [1.807, 2.05) is 19.1 Å². The standard InChI is InChI=1S/C9H15N3/c1-8(10)4-6-12-9-3-2-5-11-7-9/h2-3,5,7-8,12H,4,6,10H2,1H3. The van der Waals surface area contributed by atoms with Gasteiger partial charge in [-0.3, -0.25) is 4.98 Å². The molecular formula is C9H15N3. The minimum Gasteiger partial charge on any atom is -0.384 e. The molecule has 1 aromatic rings. The molecule has 0 aliphatic rings. The summed E-state index contributed by atoms with van der Waals surface area (Å²) in [5, 5.41) is 3.23. The maximum atomic E-state index is 5.60. The fourth-order valence-electron chi connectivity index (χ4n) is 0.912. The van der Waals surface area contributed by atoms with E-state index in [0.717, 1.165) is 18.7 Å². The van der Waals surface area contributed by atoms with Crippen molar-refractivity contribution >= 4 is 5.69 Å². The average molecular weight is 165 g/mol. The van der Waals surface area contributed by atoms with Gasteiger partial charge in [-0.1, -0.05) is 0 Å². The van der Waals surface area contributed by atoms with E-state index in [1.54, 1.807) is 12.4 Å². The van der Waals surface area contributed by atoms with Crippen LogP contribution in [0.4, 0.5) is 5.69 Å². The number of nitrogens with two attached hydrogens (primary N) is 1. The molecule has 0 aromatic carbocycles. The number of nitrogens with one attached hydrogen (secondary N) is 1. The molecule has 0 aliphatic heterocycles. The lowest BCUT2D eigenvalue weighted by molar-refractivity contribution is 0.690. The van der Waals surface area contributed by atoms with Crippen molar-refractivity contribution in [3.63, 3.8) is 0 Å². The van der Waals surface area contributed by atoms with Gasteiger partial charge in [0.25, 0.3) is 0 Å². The Morgan fingerprint density at radius 3 is 3.08 bits per heavy atom. The molecule has 3 nitrogen and oxygen atoms in total. The van der Waals surface area contributed by atoms with Crippen LogP contribution in [0, 0.1) is 0 Å². The third kappa shape index (κ3) is 3.34. The number of nitrogens with zero attached hydrogens (tertiary/aromatic N) is 1. The highest BCUT2D eigenvalue weighted by Crippen LogP contribution is 2.02. The third-order valence-corrected chi connectivity index (χ3v) is 1.59. The van der Waals surface area contributed by atoms with Crippen molar-refractivity contribution in [1.29, 1.82) is 0 Å². The predicted octanol–water partition coefficient (Wildman–Crippen LogP) is 1.23. The second kappa shape index (κ2) is 4.72. The topological polar surface area (TPSA) is 50.9 Å². The zero-order chi connectivity index (χ0) is 8.81. The molecule has 0 radical (unpaired) electrons. The number of rotatable bonds is 4. The molecule has 1 atom stereocenters. The van der Waals surface area contributed by atoms with Crippen molar-refractivity contribution in [3.8, 4) is 0 Å². The Morgan fingerprint density at radius 2 is 2.50 bits per heavy atom.